The Balaban J connectivity index is 1.31. The van der Waals surface area contributed by atoms with Crippen LogP contribution in [0.5, 0.6) is 0 Å². The number of hydrogen-bond donors (Lipinski definition) is 3. The summed E-state index contributed by atoms with van der Waals surface area (Å²) in [6.45, 7) is 7.52. The summed E-state index contributed by atoms with van der Waals surface area (Å²) in [5, 5.41) is 8.53. The Morgan fingerprint density at radius 3 is 2.17 bits per heavy atom. The molecule has 0 amide bonds. The highest BCUT2D eigenvalue weighted by molar-refractivity contribution is 7.89. The van der Waals surface area contributed by atoms with Crippen molar-refractivity contribution in [2.45, 2.75) is 56.9 Å². The SMILES string of the molecule is CC(C)(C)Nc1nc(NC[C@H]2CC[C@H](CNS(=O)(=O)c3cc(Cl)cc(Cl)c3)CC2)nc2ccccc12. The predicted molar refractivity (Wildman–Crippen MR) is 149 cm³/mol. The maximum Gasteiger partial charge on any atom is 0.240 e. The maximum absolute atomic E-state index is 12.7. The summed E-state index contributed by atoms with van der Waals surface area (Å²) in [5.74, 6) is 2.23. The van der Waals surface area contributed by atoms with Crippen LogP contribution in [-0.2, 0) is 10.0 Å². The molecule has 0 spiro atoms. The van der Waals surface area contributed by atoms with Crippen molar-refractivity contribution in [1.29, 1.82) is 0 Å². The lowest BCUT2D eigenvalue weighted by Gasteiger charge is -2.29. The summed E-state index contributed by atoms with van der Waals surface area (Å²) >= 11 is 11.9. The second-order valence-corrected chi connectivity index (χ2v) is 13.2. The Hall–Kier alpha value is -2.13. The van der Waals surface area contributed by atoms with Gasteiger partial charge in [0.15, 0.2) is 0 Å². The molecule has 1 saturated carbocycles. The minimum atomic E-state index is -3.65. The van der Waals surface area contributed by atoms with Gasteiger partial charge in [-0.05, 0) is 88.6 Å². The first kappa shape index (κ1) is 26.9. The van der Waals surface area contributed by atoms with E-state index in [0.717, 1.165) is 48.9 Å². The number of fused-ring (bicyclic) bond motifs is 1. The number of halogens is 2. The highest BCUT2D eigenvalue weighted by Crippen LogP contribution is 2.30. The average Bonchev–Trinajstić information content (AvgIpc) is 2.80. The molecule has 3 N–H and O–H groups in total. The standard InChI is InChI=1S/C26H33Cl2N5O2S/c1-26(2,3)33-24-22-6-4-5-7-23(22)31-25(32-24)29-15-17-8-10-18(11-9-17)16-30-36(34,35)21-13-19(27)12-20(28)14-21/h4-7,12-14,17-18,30H,8-11,15-16H2,1-3H3,(H2,29,31,32,33)/t17-,18-. The molecule has 0 radical (unpaired) electrons. The topological polar surface area (TPSA) is 96.0 Å². The van der Waals surface area contributed by atoms with E-state index >= 15 is 0 Å². The predicted octanol–water partition coefficient (Wildman–Crippen LogP) is 6.34. The van der Waals surface area contributed by atoms with Gasteiger partial charge < -0.3 is 10.6 Å². The van der Waals surface area contributed by atoms with E-state index in [0.29, 0.717) is 34.4 Å². The minimum absolute atomic E-state index is 0.0913. The third-order valence-corrected chi connectivity index (χ3v) is 8.16. The second-order valence-electron chi connectivity index (χ2n) is 10.5. The monoisotopic (exact) mass is 549 g/mol. The van der Waals surface area contributed by atoms with Gasteiger partial charge in [0.25, 0.3) is 0 Å². The number of aromatic nitrogens is 2. The molecule has 0 bridgehead atoms. The largest absolute Gasteiger partial charge is 0.365 e. The molecule has 1 aliphatic rings. The number of hydrogen-bond acceptors (Lipinski definition) is 6. The van der Waals surface area contributed by atoms with Crippen LogP contribution in [0.2, 0.25) is 10.0 Å². The Morgan fingerprint density at radius 1 is 0.917 bits per heavy atom. The Morgan fingerprint density at radius 2 is 1.53 bits per heavy atom. The van der Waals surface area contributed by atoms with Crippen molar-refractivity contribution in [3.63, 3.8) is 0 Å². The molecule has 0 unspecified atom stereocenters. The van der Waals surface area contributed by atoms with E-state index in [9.17, 15) is 8.42 Å². The fourth-order valence-corrected chi connectivity index (χ4v) is 6.32. The lowest BCUT2D eigenvalue weighted by Crippen LogP contribution is -2.32. The fraction of sp³-hybridized carbons (Fsp3) is 0.462. The molecule has 36 heavy (non-hydrogen) atoms. The van der Waals surface area contributed by atoms with Crippen molar-refractivity contribution in [3.05, 3.63) is 52.5 Å². The van der Waals surface area contributed by atoms with Crippen LogP contribution >= 0.6 is 23.2 Å². The lowest BCUT2D eigenvalue weighted by atomic mass is 9.82. The summed E-state index contributed by atoms with van der Waals surface area (Å²) in [6.07, 6.45) is 3.95. The molecule has 3 aromatic rings. The van der Waals surface area contributed by atoms with Crippen molar-refractivity contribution < 1.29 is 8.42 Å². The molecule has 0 aliphatic heterocycles. The van der Waals surface area contributed by atoms with Gasteiger partial charge >= 0.3 is 0 Å². The zero-order valence-electron chi connectivity index (χ0n) is 20.8. The molecule has 1 aromatic heterocycles. The number of para-hydroxylation sites is 1. The van der Waals surface area contributed by atoms with Crippen molar-refractivity contribution in [2.75, 3.05) is 23.7 Å². The molecule has 1 aliphatic carbocycles. The Bertz CT molecular complexity index is 1300. The zero-order valence-corrected chi connectivity index (χ0v) is 23.1. The number of sulfonamides is 1. The van der Waals surface area contributed by atoms with Crippen LogP contribution in [0.1, 0.15) is 46.5 Å². The van der Waals surface area contributed by atoms with E-state index < -0.39 is 10.0 Å². The average molecular weight is 551 g/mol. The van der Waals surface area contributed by atoms with Crippen LogP contribution in [0.25, 0.3) is 10.9 Å². The van der Waals surface area contributed by atoms with Gasteiger partial charge in [-0.3, -0.25) is 0 Å². The second kappa shape index (κ2) is 11.1. The first-order valence-electron chi connectivity index (χ1n) is 12.2. The molecule has 2 aromatic carbocycles. The first-order chi connectivity index (χ1) is 17.0. The molecule has 0 atom stereocenters. The molecular formula is C26H33Cl2N5O2S. The van der Waals surface area contributed by atoms with E-state index in [1.807, 2.05) is 24.3 Å². The van der Waals surface area contributed by atoms with Gasteiger partial charge in [-0.1, -0.05) is 35.3 Å². The summed E-state index contributed by atoms with van der Waals surface area (Å²) in [4.78, 5) is 9.55. The van der Waals surface area contributed by atoms with Crippen LogP contribution in [0.15, 0.2) is 47.4 Å². The summed E-state index contributed by atoms with van der Waals surface area (Å²) in [5.41, 5.74) is 0.784. The summed E-state index contributed by atoms with van der Waals surface area (Å²) in [7, 11) is -3.65. The number of nitrogens with zero attached hydrogens (tertiary/aromatic N) is 2. The summed E-state index contributed by atoms with van der Waals surface area (Å²) < 4.78 is 28.0. The Labute approximate surface area is 223 Å². The van der Waals surface area contributed by atoms with Gasteiger partial charge in [-0.2, -0.15) is 4.98 Å². The van der Waals surface area contributed by atoms with Gasteiger partial charge in [-0.25, -0.2) is 18.1 Å². The molecule has 1 heterocycles. The van der Waals surface area contributed by atoms with Crippen LogP contribution in [0.3, 0.4) is 0 Å². The third-order valence-electron chi connectivity index (χ3n) is 6.32. The highest BCUT2D eigenvalue weighted by atomic mass is 35.5. The van der Waals surface area contributed by atoms with Gasteiger partial charge in [0.1, 0.15) is 5.82 Å². The normalized spacial score (nSPS) is 18.8. The lowest BCUT2D eigenvalue weighted by molar-refractivity contribution is 0.284. The molecular weight excluding hydrogens is 517 g/mol. The molecule has 10 heteroatoms. The van der Waals surface area contributed by atoms with Crippen molar-refractivity contribution in [3.8, 4) is 0 Å². The van der Waals surface area contributed by atoms with E-state index in [4.69, 9.17) is 33.2 Å². The van der Waals surface area contributed by atoms with Crippen LogP contribution in [-0.4, -0.2) is 37.0 Å². The van der Waals surface area contributed by atoms with E-state index in [-0.39, 0.29) is 10.4 Å². The van der Waals surface area contributed by atoms with Crippen molar-refractivity contribution >= 4 is 55.9 Å². The third kappa shape index (κ3) is 7.22. The Kier molecular flexibility index (Phi) is 8.29. The summed E-state index contributed by atoms with van der Waals surface area (Å²) in [6, 6.07) is 12.3. The number of benzene rings is 2. The van der Waals surface area contributed by atoms with Gasteiger partial charge in [0, 0.05) is 34.1 Å². The van der Waals surface area contributed by atoms with E-state index in [1.165, 1.54) is 18.2 Å². The van der Waals surface area contributed by atoms with Crippen molar-refractivity contribution in [2.24, 2.45) is 11.8 Å². The first-order valence-corrected chi connectivity index (χ1v) is 14.5. The van der Waals surface area contributed by atoms with Crippen LogP contribution in [0.4, 0.5) is 11.8 Å². The van der Waals surface area contributed by atoms with Crippen molar-refractivity contribution in [1.82, 2.24) is 14.7 Å². The van der Waals surface area contributed by atoms with Gasteiger partial charge in [0.2, 0.25) is 16.0 Å². The molecule has 4 rings (SSSR count). The number of rotatable bonds is 8. The highest BCUT2D eigenvalue weighted by Gasteiger charge is 2.24. The van der Waals surface area contributed by atoms with Crippen LogP contribution < -0.4 is 15.4 Å². The molecule has 1 fully saturated rings. The minimum Gasteiger partial charge on any atom is -0.365 e. The quantitative estimate of drug-likeness (QED) is 0.303. The number of nitrogens with one attached hydrogen (secondary N) is 3. The molecule has 0 saturated heterocycles. The molecule has 194 valence electrons. The molecule has 7 nitrogen and oxygen atoms in total. The zero-order chi connectivity index (χ0) is 25.9. The van der Waals surface area contributed by atoms with Gasteiger partial charge in [-0.15, -0.1) is 0 Å². The maximum atomic E-state index is 12.7. The fourth-order valence-electron chi connectivity index (χ4n) is 4.48. The van der Waals surface area contributed by atoms with Crippen LogP contribution in [0, 0.1) is 11.8 Å². The van der Waals surface area contributed by atoms with E-state index in [1.54, 1.807) is 0 Å². The smallest absolute Gasteiger partial charge is 0.240 e. The number of anilines is 2. The van der Waals surface area contributed by atoms with Gasteiger partial charge in [0.05, 0.1) is 10.4 Å². The van der Waals surface area contributed by atoms with E-state index in [2.05, 4.69) is 36.1 Å².